The van der Waals surface area contributed by atoms with E-state index >= 15 is 0 Å². The third kappa shape index (κ3) is 3.37. The monoisotopic (exact) mass is 326 g/mol. The molecule has 0 radical (unpaired) electrons. The number of amides is 1. The molecule has 1 aliphatic heterocycles. The first-order valence-electron chi connectivity index (χ1n) is 7.87. The van der Waals surface area contributed by atoms with Gasteiger partial charge in [-0.3, -0.25) is 14.9 Å². The minimum absolute atomic E-state index is 0.0696. The molecule has 3 rings (SSSR count). The first-order chi connectivity index (χ1) is 11.5. The van der Waals surface area contributed by atoms with E-state index in [1.807, 2.05) is 12.1 Å². The van der Waals surface area contributed by atoms with Crippen molar-refractivity contribution in [2.24, 2.45) is 0 Å². The first-order valence-corrected chi connectivity index (χ1v) is 7.87. The Balaban J connectivity index is 1.66. The third-order valence-corrected chi connectivity index (χ3v) is 4.45. The lowest BCUT2D eigenvalue weighted by molar-refractivity contribution is -0.384. The molecule has 2 aromatic rings. The number of aromatic hydroxyl groups is 1. The van der Waals surface area contributed by atoms with Crippen LogP contribution < -0.4 is 0 Å². The Kier molecular flexibility index (Phi) is 4.46. The lowest BCUT2D eigenvalue weighted by Crippen LogP contribution is -2.37. The highest BCUT2D eigenvalue weighted by molar-refractivity contribution is 5.94. The van der Waals surface area contributed by atoms with Gasteiger partial charge in [0, 0.05) is 30.8 Å². The molecule has 1 saturated heterocycles. The zero-order valence-electron chi connectivity index (χ0n) is 13.1. The molecular formula is C18H18N2O4. The van der Waals surface area contributed by atoms with Crippen LogP contribution in [0.3, 0.4) is 0 Å². The predicted molar refractivity (Wildman–Crippen MR) is 89.1 cm³/mol. The number of likely N-dealkylation sites (tertiary alicyclic amines) is 1. The summed E-state index contributed by atoms with van der Waals surface area (Å²) in [5.74, 6) is 0.444. The molecule has 6 nitrogen and oxygen atoms in total. The molecule has 1 amide bonds. The van der Waals surface area contributed by atoms with Crippen LogP contribution in [0.2, 0.25) is 0 Å². The maximum absolute atomic E-state index is 12.5. The molecular weight excluding hydrogens is 308 g/mol. The van der Waals surface area contributed by atoms with Crippen LogP contribution >= 0.6 is 0 Å². The van der Waals surface area contributed by atoms with Gasteiger partial charge in [-0.2, -0.15) is 0 Å². The maximum atomic E-state index is 12.5. The second-order valence-electron chi connectivity index (χ2n) is 5.97. The van der Waals surface area contributed by atoms with Crippen LogP contribution in [0.4, 0.5) is 5.69 Å². The Morgan fingerprint density at radius 1 is 1.12 bits per heavy atom. The number of rotatable bonds is 3. The van der Waals surface area contributed by atoms with Crippen molar-refractivity contribution in [2.75, 3.05) is 13.1 Å². The van der Waals surface area contributed by atoms with Crippen LogP contribution in [-0.4, -0.2) is 33.9 Å². The van der Waals surface area contributed by atoms with Crippen molar-refractivity contribution in [2.45, 2.75) is 18.8 Å². The molecule has 0 spiro atoms. The number of hydrogen-bond donors (Lipinski definition) is 1. The van der Waals surface area contributed by atoms with Crippen molar-refractivity contribution in [3.05, 3.63) is 69.8 Å². The quantitative estimate of drug-likeness (QED) is 0.693. The van der Waals surface area contributed by atoms with Crippen LogP contribution in [0.5, 0.6) is 5.75 Å². The Morgan fingerprint density at radius 3 is 2.42 bits per heavy atom. The van der Waals surface area contributed by atoms with E-state index in [9.17, 15) is 20.0 Å². The summed E-state index contributed by atoms with van der Waals surface area (Å²) < 4.78 is 0. The van der Waals surface area contributed by atoms with Gasteiger partial charge in [0.25, 0.3) is 11.6 Å². The Bertz CT molecular complexity index is 750. The van der Waals surface area contributed by atoms with Crippen molar-refractivity contribution >= 4 is 11.6 Å². The molecule has 1 heterocycles. The number of piperidine rings is 1. The van der Waals surface area contributed by atoms with Crippen molar-refractivity contribution in [1.29, 1.82) is 0 Å². The number of carbonyl (C=O) groups is 1. The van der Waals surface area contributed by atoms with E-state index in [1.54, 1.807) is 23.1 Å². The molecule has 0 aliphatic carbocycles. The normalized spacial score (nSPS) is 15.2. The molecule has 0 bridgehead atoms. The van der Waals surface area contributed by atoms with Crippen LogP contribution in [0.25, 0.3) is 0 Å². The van der Waals surface area contributed by atoms with E-state index in [0.717, 1.165) is 18.4 Å². The molecule has 0 unspecified atom stereocenters. The minimum atomic E-state index is -0.492. The van der Waals surface area contributed by atoms with Crippen LogP contribution in [0.1, 0.15) is 34.7 Å². The fourth-order valence-corrected chi connectivity index (χ4v) is 3.10. The van der Waals surface area contributed by atoms with Gasteiger partial charge >= 0.3 is 0 Å². The highest BCUT2D eigenvalue weighted by Crippen LogP contribution is 2.29. The highest BCUT2D eigenvalue weighted by atomic mass is 16.6. The Labute approximate surface area is 139 Å². The van der Waals surface area contributed by atoms with Gasteiger partial charge < -0.3 is 10.0 Å². The summed E-state index contributed by atoms with van der Waals surface area (Å²) in [5.41, 5.74) is 1.45. The minimum Gasteiger partial charge on any atom is -0.508 e. The molecule has 2 aromatic carbocycles. The average molecular weight is 326 g/mol. The van der Waals surface area contributed by atoms with E-state index in [-0.39, 0.29) is 17.3 Å². The number of nitro benzene ring substituents is 1. The van der Waals surface area contributed by atoms with Gasteiger partial charge in [-0.25, -0.2) is 0 Å². The molecule has 1 aliphatic rings. The molecule has 124 valence electrons. The molecule has 0 atom stereocenters. The number of nitro groups is 1. The first kappa shape index (κ1) is 16.0. The summed E-state index contributed by atoms with van der Waals surface area (Å²) in [6, 6.07) is 13.0. The van der Waals surface area contributed by atoms with Gasteiger partial charge in [0.15, 0.2) is 0 Å². The van der Waals surface area contributed by atoms with Gasteiger partial charge in [-0.05, 0) is 42.5 Å². The highest BCUT2D eigenvalue weighted by Gasteiger charge is 2.25. The molecule has 0 aromatic heterocycles. The number of hydrogen-bond acceptors (Lipinski definition) is 4. The van der Waals surface area contributed by atoms with Crippen molar-refractivity contribution < 1.29 is 14.8 Å². The Hall–Kier alpha value is -2.89. The lowest BCUT2D eigenvalue weighted by Gasteiger charge is -2.32. The molecule has 24 heavy (non-hydrogen) atoms. The van der Waals surface area contributed by atoms with Crippen LogP contribution in [0.15, 0.2) is 48.5 Å². The summed E-state index contributed by atoms with van der Waals surface area (Å²) >= 11 is 0. The number of phenolic OH excluding ortho intramolecular Hbond substituents is 1. The summed E-state index contributed by atoms with van der Waals surface area (Å²) in [7, 11) is 0. The smallest absolute Gasteiger partial charge is 0.270 e. The van der Waals surface area contributed by atoms with E-state index in [0.29, 0.717) is 24.6 Å². The Morgan fingerprint density at radius 2 is 1.79 bits per heavy atom. The van der Waals surface area contributed by atoms with Gasteiger partial charge in [0.1, 0.15) is 5.75 Å². The SMILES string of the molecule is O=C(c1cccc([N+](=O)[O-])c1)N1CCC(c2ccc(O)cc2)CC1. The summed E-state index contributed by atoms with van der Waals surface area (Å²) in [6.07, 6.45) is 1.68. The second-order valence-corrected chi connectivity index (χ2v) is 5.97. The largest absolute Gasteiger partial charge is 0.508 e. The number of benzene rings is 2. The fourth-order valence-electron chi connectivity index (χ4n) is 3.10. The predicted octanol–water partition coefficient (Wildman–Crippen LogP) is 3.32. The maximum Gasteiger partial charge on any atom is 0.270 e. The molecule has 0 saturated carbocycles. The van der Waals surface area contributed by atoms with Gasteiger partial charge in [0.2, 0.25) is 0 Å². The van der Waals surface area contributed by atoms with E-state index in [2.05, 4.69) is 0 Å². The fraction of sp³-hybridized carbons (Fsp3) is 0.278. The van der Waals surface area contributed by atoms with Gasteiger partial charge in [0.05, 0.1) is 4.92 Å². The summed E-state index contributed by atoms with van der Waals surface area (Å²) in [6.45, 7) is 1.24. The topological polar surface area (TPSA) is 83.7 Å². The van der Waals surface area contributed by atoms with E-state index in [1.165, 1.54) is 18.2 Å². The third-order valence-electron chi connectivity index (χ3n) is 4.45. The summed E-state index contributed by atoms with van der Waals surface area (Å²) in [5, 5.41) is 20.2. The van der Waals surface area contributed by atoms with Crippen molar-refractivity contribution in [3.63, 3.8) is 0 Å². The number of phenols is 1. The van der Waals surface area contributed by atoms with Gasteiger partial charge in [-0.15, -0.1) is 0 Å². The van der Waals surface area contributed by atoms with E-state index in [4.69, 9.17) is 0 Å². The number of carbonyl (C=O) groups excluding carboxylic acids is 1. The van der Waals surface area contributed by atoms with E-state index < -0.39 is 4.92 Å². The van der Waals surface area contributed by atoms with Crippen LogP contribution in [0, 0.1) is 10.1 Å². The van der Waals surface area contributed by atoms with Crippen molar-refractivity contribution in [1.82, 2.24) is 4.90 Å². The summed E-state index contributed by atoms with van der Waals surface area (Å²) in [4.78, 5) is 24.6. The zero-order chi connectivity index (χ0) is 17.1. The zero-order valence-corrected chi connectivity index (χ0v) is 13.1. The van der Waals surface area contributed by atoms with Crippen molar-refractivity contribution in [3.8, 4) is 5.75 Å². The standard InChI is InChI=1S/C18H18N2O4/c21-17-6-4-13(5-7-17)14-8-10-19(11-9-14)18(22)15-2-1-3-16(12-15)20(23)24/h1-7,12,14,21H,8-11H2. The van der Waals surface area contributed by atoms with Gasteiger partial charge in [-0.1, -0.05) is 18.2 Å². The second kappa shape index (κ2) is 6.70. The average Bonchev–Trinajstić information content (AvgIpc) is 2.62. The van der Waals surface area contributed by atoms with Crippen LogP contribution in [-0.2, 0) is 0 Å². The molecule has 1 fully saturated rings. The molecule has 1 N–H and O–H groups in total. The lowest BCUT2D eigenvalue weighted by atomic mass is 9.89. The number of non-ortho nitro benzene ring substituents is 1. The number of nitrogens with zero attached hydrogens (tertiary/aromatic N) is 2. The molecule has 6 heteroatoms.